The molecule has 47 heavy (non-hydrogen) atoms. The topological polar surface area (TPSA) is 138 Å². The van der Waals surface area contributed by atoms with Crippen LogP contribution in [0.15, 0.2) is 24.4 Å². The second-order valence-electron chi connectivity index (χ2n) is 13.5. The first-order valence-electron chi connectivity index (χ1n) is 16.8. The lowest BCUT2D eigenvalue weighted by atomic mass is 10.0. The Morgan fingerprint density at radius 1 is 1.06 bits per heavy atom. The number of benzene rings is 1. The maximum absolute atomic E-state index is 13.3. The molecule has 2 aliphatic heterocycles. The number of piperidine rings is 1. The fraction of sp³-hybridized carbons (Fsp3) is 0.618. The number of likely N-dealkylation sites (N-methyl/N-ethyl adjacent to an activating group) is 1. The Balaban J connectivity index is 1.37. The van der Waals surface area contributed by atoms with E-state index in [1.54, 1.807) is 18.1 Å². The first-order chi connectivity index (χ1) is 22.4. The van der Waals surface area contributed by atoms with E-state index in [-0.39, 0.29) is 43.2 Å². The summed E-state index contributed by atoms with van der Waals surface area (Å²) in [6.45, 7) is 10.8. The number of alkyl carbamates (subject to hydrolysis) is 1. The van der Waals surface area contributed by atoms with Crippen molar-refractivity contribution < 1.29 is 28.6 Å². The Kier molecular flexibility index (Phi) is 10.6. The minimum atomic E-state index is -0.544. The van der Waals surface area contributed by atoms with Gasteiger partial charge < -0.3 is 39.5 Å². The molecule has 3 heterocycles. The largest absolute Gasteiger partial charge is 0.488 e. The van der Waals surface area contributed by atoms with Crippen LogP contribution in [0.2, 0.25) is 0 Å². The lowest BCUT2D eigenvalue weighted by molar-refractivity contribution is -0.141. The summed E-state index contributed by atoms with van der Waals surface area (Å²) >= 11 is 0. The highest BCUT2D eigenvalue weighted by molar-refractivity contribution is 6.04. The third kappa shape index (κ3) is 8.36. The van der Waals surface area contributed by atoms with Gasteiger partial charge in [-0.3, -0.25) is 9.59 Å². The molecular weight excluding hydrogens is 602 g/mol. The summed E-state index contributed by atoms with van der Waals surface area (Å²) in [5, 5.41) is 6.39. The van der Waals surface area contributed by atoms with Gasteiger partial charge in [-0.15, -0.1) is 0 Å². The lowest BCUT2D eigenvalue weighted by Gasteiger charge is -2.43. The molecule has 5 rings (SSSR count). The summed E-state index contributed by atoms with van der Waals surface area (Å²) in [4.78, 5) is 52.7. The predicted molar refractivity (Wildman–Crippen MR) is 181 cm³/mol. The average molecular weight is 652 g/mol. The quantitative estimate of drug-likeness (QED) is 0.260. The monoisotopic (exact) mass is 651 g/mol. The number of rotatable bonds is 10. The number of aromatic nitrogens is 2. The van der Waals surface area contributed by atoms with Crippen molar-refractivity contribution in [3.63, 3.8) is 0 Å². The van der Waals surface area contributed by atoms with E-state index >= 15 is 0 Å². The Morgan fingerprint density at radius 2 is 1.79 bits per heavy atom. The zero-order valence-corrected chi connectivity index (χ0v) is 28.5. The zero-order chi connectivity index (χ0) is 33.7. The molecule has 256 valence electrons. The van der Waals surface area contributed by atoms with E-state index in [1.165, 1.54) is 6.92 Å². The van der Waals surface area contributed by atoms with Gasteiger partial charge >= 0.3 is 12.1 Å². The number of amides is 2. The number of carbonyl (C=O) groups is 3. The van der Waals surface area contributed by atoms with Crippen LogP contribution in [0, 0.1) is 0 Å². The van der Waals surface area contributed by atoms with Crippen LogP contribution in [-0.2, 0) is 19.1 Å². The summed E-state index contributed by atoms with van der Waals surface area (Å²) in [7, 11) is 1.79. The van der Waals surface area contributed by atoms with Gasteiger partial charge in [-0.25, -0.2) is 9.78 Å². The van der Waals surface area contributed by atoms with E-state index in [9.17, 15) is 14.4 Å². The van der Waals surface area contributed by atoms with Gasteiger partial charge in [0.2, 0.25) is 11.9 Å². The van der Waals surface area contributed by atoms with Crippen LogP contribution < -0.4 is 30.1 Å². The van der Waals surface area contributed by atoms with Gasteiger partial charge in [0.05, 0.1) is 11.9 Å². The number of nitrogens with one attached hydrogen (secondary N) is 2. The molecule has 1 aromatic heterocycles. The van der Waals surface area contributed by atoms with Crippen LogP contribution in [0.5, 0.6) is 5.75 Å². The van der Waals surface area contributed by atoms with Crippen molar-refractivity contribution in [2.75, 3.05) is 53.4 Å². The molecular formula is C34H49N7O6. The molecule has 1 saturated heterocycles. The highest BCUT2D eigenvalue weighted by Crippen LogP contribution is 2.41. The first-order valence-corrected chi connectivity index (χ1v) is 16.8. The van der Waals surface area contributed by atoms with E-state index in [2.05, 4.69) is 25.4 Å². The number of anilines is 5. The molecule has 0 bridgehead atoms. The van der Waals surface area contributed by atoms with Crippen LogP contribution in [0.1, 0.15) is 79.6 Å². The van der Waals surface area contributed by atoms with Gasteiger partial charge in [0.25, 0.3) is 0 Å². The first kappa shape index (κ1) is 34.1. The van der Waals surface area contributed by atoms with E-state index in [0.29, 0.717) is 29.5 Å². The van der Waals surface area contributed by atoms with Crippen LogP contribution in [0.25, 0.3) is 0 Å². The number of nitrogens with zero attached hydrogens (tertiary/aromatic N) is 5. The molecule has 2 aromatic rings. The van der Waals surface area contributed by atoms with E-state index in [1.807, 2.05) is 45.9 Å². The summed E-state index contributed by atoms with van der Waals surface area (Å²) < 4.78 is 16.6. The standard InChI is InChI=1S/C34H49N7O6/c1-7-27-31(43)39(6)28-21-35-32(38-30(28)41(27)24-10-8-9-11-24)37-26-20-25(12-13-29(26)46-19-18-45-22(2)42)40-16-14-23(15-17-40)36-33(44)47-34(3,4)5/h12-13,20-21,23-24,27H,7-11,14-19H2,1-6H3,(H,36,44)(H,35,37,38)/t27-/m1/s1. The van der Waals surface area contributed by atoms with Gasteiger partial charge in [-0.05, 0) is 71.1 Å². The van der Waals surface area contributed by atoms with Crippen LogP contribution in [0.3, 0.4) is 0 Å². The summed E-state index contributed by atoms with van der Waals surface area (Å²) in [6.07, 6.45) is 7.91. The highest BCUT2D eigenvalue weighted by Gasteiger charge is 2.41. The third-order valence-electron chi connectivity index (χ3n) is 8.85. The number of fused-ring (bicyclic) bond motifs is 1. The normalized spacial score (nSPS) is 19.0. The van der Waals surface area contributed by atoms with Crippen molar-refractivity contribution in [2.24, 2.45) is 0 Å². The van der Waals surface area contributed by atoms with Crippen molar-refractivity contribution in [1.82, 2.24) is 15.3 Å². The van der Waals surface area contributed by atoms with Crippen molar-refractivity contribution in [3.8, 4) is 5.75 Å². The minimum Gasteiger partial charge on any atom is -0.488 e. The fourth-order valence-electron chi connectivity index (χ4n) is 6.60. The van der Waals surface area contributed by atoms with Gasteiger partial charge in [0.1, 0.15) is 36.3 Å². The Hall–Kier alpha value is -4.29. The number of hydrogen-bond acceptors (Lipinski definition) is 11. The molecule has 2 amide bonds. The maximum Gasteiger partial charge on any atom is 0.407 e. The van der Waals surface area contributed by atoms with Crippen molar-refractivity contribution in [2.45, 2.75) is 103 Å². The molecule has 0 unspecified atom stereocenters. The number of hydrogen-bond donors (Lipinski definition) is 2. The van der Waals surface area contributed by atoms with Crippen LogP contribution >= 0.6 is 0 Å². The van der Waals surface area contributed by atoms with Crippen LogP contribution in [-0.4, -0.2) is 85.0 Å². The van der Waals surface area contributed by atoms with Crippen molar-refractivity contribution in [3.05, 3.63) is 24.4 Å². The molecule has 13 heteroatoms. The minimum absolute atomic E-state index is 0.0336. The molecule has 1 atom stereocenters. The second kappa shape index (κ2) is 14.6. The number of ether oxygens (including phenoxy) is 3. The van der Waals surface area contributed by atoms with Crippen molar-refractivity contribution in [1.29, 1.82) is 0 Å². The van der Waals surface area contributed by atoms with Gasteiger partial charge in [0.15, 0.2) is 5.82 Å². The lowest BCUT2D eigenvalue weighted by Crippen LogP contribution is -2.55. The summed E-state index contributed by atoms with van der Waals surface area (Å²) in [5.74, 6) is 1.42. The zero-order valence-electron chi connectivity index (χ0n) is 28.5. The molecule has 0 radical (unpaired) electrons. The molecule has 2 N–H and O–H groups in total. The molecule has 1 aromatic carbocycles. The molecule has 2 fully saturated rings. The Morgan fingerprint density at radius 3 is 2.45 bits per heavy atom. The number of carbonyl (C=O) groups excluding carboxylic acids is 3. The van der Waals surface area contributed by atoms with E-state index in [4.69, 9.17) is 19.2 Å². The van der Waals surface area contributed by atoms with Crippen LogP contribution in [0.4, 0.5) is 33.6 Å². The van der Waals surface area contributed by atoms with Crippen molar-refractivity contribution >= 4 is 46.8 Å². The smallest absolute Gasteiger partial charge is 0.407 e. The van der Waals surface area contributed by atoms with E-state index in [0.717, 1.165) is 63.1 Å². The predicted octanol–water partition coefficient (Wildman–Crippen LogP) is 5.16. The average Bonchev–Trinajstić information content (AvgIpc) is 3.55. The molecule has 13 nitrogen and oxygen atoms in total. The summed E-state index contributed by atoms with van der Waals surface area (Å²) in [6, 6.07) is 5.91. The summed E-state index contributed by atoms with van der Waals surface area (Å²) in [5.41, 5.74) is 1.81. The number of esters is 1. The molecule has 3 aliphatic rings. The van der Waals surface area contributed by atoms with Gasteiger partial charge in [-0.2, -0.15) is 4.98 Å². The molecule has 1 aliphatic carbocycles. The Bertz CT molecular complexity index is 1430. The van der Waals surface area contributed by atoms with E-state index < -0.39 is 11.7 Å². The second-order valence-corrected chi connectivity index (χ2v) is 13.5. The highest BCUT2D eigenvalue weighted by atomic mass is 16.6. The van der Waals surface area contributed by atoms with Gasteiger partial charge in [0, 0.05) is 44.8 Å². The molecule has 1 saturated carbocycles. The van der Waals surface area contributed by atoms with Gasteiger partial charge in [-0.1, -0.05) is 19.8 Å². The fourth-order valence-corrected chi connectivity index (χ4v) is 6.60. The maximum atomic E-state index is 13.3. The Labute approximate surface area is 277 Å². The SMILES string of the molecule is CC[C@@H]1C(=O)N(C)c2cnc(Nc3cc(N4CCC(NC(=O)OC(C)(C)C)CC4)ccc3OCCOC(C)=O)nc2N1C1CCCC1. The third-order valence-corrected chi connectivity index (χ3v) is 8.85. The molecule has 0 spiro atoms.